The molecular formula is C5H8N2O2. The Morgan fingerprint density at radius 3 is 3.00 bits per heavy atom. The van der Waals surface area contributed by atoms with E-state index in [-0.39, 0.29) is 0 Å². The van der Waals surface area contributed by atoms with Gasteiger partial charge in [0.1, 0.15) is 0 Å². The predicted molar refractivity (Wildman–Crippen MR) is 30.4 cm³/mol. The normalized spacial score (nSPS) is 7.56. The Kier molecular flexibility index (Phi) is 4.23. The lowest BCUT2D eigenvalue weighted by Crippen LogP contribution is -2.18. The number of nitrogens with zero attached hydrogens (tertiary/aromatic N) is 1. The summed E-state index contributed by atoms with van der Waals surface area (Å²) in [6.45, 7) is 2.23. The van der Waals surface area contributed by atoms with Crippen molar-refractivity contribution >= 4 is 6.09 Å². The molecule has 0 saturated heterocycles. The number of nitrogens with one attached hydrogen (secondary N) is 1. The minimum absolute atomic E-state index is 0.355. The van der Waals surface area contributed by atoms with Gasteiger partial charge in [-0.15, -0.1) is 0 Å². The van der Waals surface area contributed by atoms with Crippen molar-refractivity contribution in [3.05, 3.63) is 0 Å². The first-order valence-electron chi connectivity index (χ1n) is 2.63. The molecule has 0 aliphatic carbocycles. The molecule has 50 valence electrons. The Balaban J connectivity index is 3.19. The van der Waals surface area contributed by atoms with Crippen LogP contribution in [0.15, 0.2) is 0 Å². The minimum Gasteiger partial charge on any atom is -0.449 e. The Labute approximate surface area is 53.4 Å². The highest BCUT2D eigenvalue weighted by Crippen LogP contribution is 1.79. The van der Waals surface area contributed by atoms with Gasteiger partial charge in [-0.25, -0.2) is 10.1 Å². The molecule has 4 heteroatoms. The van der Waals surface area contributed by atoms with E-state index >= 15 is 0 Å². The summed E-state index contributed by atoms with van der Waals surface area (Å²) in [6, 6.07) is 0. The number of amides is 1. The van der Waals surface area contributed by atoms with E-state index in [4.69, 9.17) is 5.26 Å². The van der Waals surface area contributed by atoms with Gasteiger partial charge in [0.15, 0.2) is 6.19 Å². The molecule has 0 atom stereocenters. The summed E-state index contributed by atoms with van der Waals surface area (Å²) < 4.78 is 4.46. The van der Waals surface area contributed by atoms with E-state index in [2.05, 4.69) is 4.74 Å². The van der Waals surface area contributed by atoms with E-state index in [1.165, 1.54) is 6.19 Å². The summed E-state index contributed by atoms with van der Waals surface area (Å²) in [5.74, 6) is 0. The lowest BCUT2D eigenvalue weighted by Gasteiger charge is -1.96. The van der Waals surface area contributed by atoms with E-state index in [0.29, 0.717) is 6.61 Å². The molecule has 1 amide bonds. The highest BCUT2D eigenvalue weighted by Gasteiger charge is 1.95. The van der Waals surface area contributed by atoms with Gasteiger partial charge in [0.2, 0.25) is 0 Å². The SMILES string of the molecule is CCCOC(=O)NC#N. The molecule has 0 radical (unpaired) electrons. The standard InChI is InChI=1S/C5H8N2O2/c1-2-3-9-5(8)7-4-6/h2-3H2,1H3,(H,7,8). The third-order valence-corrected chi connectivity index (χ3v) is 0.595. The summed E-state index contributed by atoms with van der Waals surface area (Å²) in [6.07, 6.45) is 1.53. The van der Waals surface area contributed by atoms with Gasteiger partial charge in [-0.1, -0.05) is 6.92 Å². The third-order valence-electron chi connectivity index (χ3n) is 0.595. The molecule has 1 N–H and O–H groups in total. The monoisotopic (exact) mass is 128 g/mol. The van der Waals surface area contributed by atoms with Gasteiger partial charge in [-0.2, -0.15) is 5.26 Å². The van der Waals surface area contributed by atoms with Crippen molar-refractivity contribution in [2.24, 2.45) is 0 Å². The average molecular weight is 128 g/mol. The van der Waals surface area contributed by atoms with Gasteiger partial charge in [-0.05, 0) is 6.42 Å². The number of hydrogen-bond donors (Lipinski definition) is 1. The number of alkyl carbamates (subject to hydrolysis) is 1. The van der Waals surface area contributed by atoms with Crippen molar-refractivity contribution in [1.29, 1.82) is 5.26 Å². The maximum absolute atomic E-state index is 10.2. The zero-order valence-electron chi connectivity index (χ0n) is 5.18. The maximum atomic E-state index is 10.2. The molecule has 0 aromatic carbocycles. The van der Waals surface area contributed by atoms with Crippen LogP contribution >= 0.6 is 0 Å². The van der Waals surface area contributed by atoms with Gasteiger partial charge in [0, 0.05) is 0 Å². The first-order chi connectivity index (χ1) is 4.31. The molecule has 0 aliphatic heterocycles. The predicted octanol–water partition coefficient (Wildman–Crippen LogP) is 0.604. The van der Waals surface area contributed by atoms with Crippen LogP contribution < -0.4 is 5.32 Å². The lowest BCUT2D eigenvalue weighted by atomic mass is 10.5. The third kappa shape index (κ3) is 4.62. The number of carbonyl (C=O) groups excluding carboxylic acids is 1. The molecule has 0 rings (SSSR count). The van der Waals surface area contributed by atoms with Gasteiger partial charge < -0.3 is 4.74 Å². The molecule has 0 unspecified atom stereocenters. The summed E-state index contributed by atoms with van der Waals surface area (Å²) in [5.41, 5.74) is 0. The number of rotatable bonds is 2. The van der Waals surface area contributed by atoms with E-state index in [1.807, 2.05) is 12.2 Å². The zero-order valence-corrected chi connectivity index (χ0v) is 5.18. The van der Waals surface area contributed by atoms with E-state index in [9.17, 15) is 4.79 Å². The van der Waals surface area contributed by atoms with Crippen molar-refractivity contribution < 1.29 is 9.53 Å². The number of hydrogen-bond acceptors (Lipinski definition) is 3. The van der Waals surface area contributed by atoms with Crippen LogP contribution in [0.25, 0.3) is 0 Å². The quantitative estimate of drug-likeness (QED) is 0.437. The summed E-state index contributed by atoms with van der Waals surface area (Å²) in [5, 5.41) is 9.70. The summed E-state index contributed by atoms with van der Waals surface area (Å²) in [7, 11) is 0. The highest BCUT2D eigenvalue weighted by atomic mass is 16.5. The first-order valence-corrected chi connectivity index (χ1v) is 2.63. The fourth-order valence-corrected chi connectivity index (χ4v) is 0.276. The molecule has 0 spiro atoms. The Morgan fingerprint density at radius 1 is 1.89 bits per heavy atom. The Hall–Kier alpha value is -1.24. The van der Waals surface area contributed by atoms with Crippen LogP contribution in [0.1, 0.15) is 13.3 Å². The molecule has 0 aromatic heterocycles. The highest BCUT2D eigenvalue weighted by molar-refractivity contribution is 5.68. The topological polar surface area (TPSA) is 62.1 Å². The van der Waals surface area contributed by atoms with Gasteiger partial charge >= 0.3 is 6.09 Å². The molecule has 9 heavy (non-hydrogen) atoms. The van der Waals surface area contributed by atoms with Crippen LogP contribution in [0, 0.1) is 11.5 Å². The van der Waals surface area contributed by atoms with Crippen molar-refractivity contribution in [2.75, 3.05) is 6.61 Å². The van der Waals surface area contributed by atoms with Crippen LogP contribution in [0.3, 0.4) is 0 Å². The smallest absolute Gasteiger partial charge is 0.420 e. The average Bonchev–Trinajstić information content (AvgIpc) is 1.85. The molecule has 0 heterocycles. The van der Waals surface area contributed by atoms with Crippen LogP contribution in [-0.2, 0) is 4.74 Å². The molecular weight excluding hydrogens is 120 g/mol. The van der Waals surface area contributed by atoms with Gasteiger partial charge in [-0.3, -0.25) is 0 Å². The Bertz CT molecular complexity index is 127. The number of nitriles is 1. The van der Waals surface area contributed by atoms with Crippen LogP contribution in [0.2, 0.25) is 0 Å². The van der Waals surface area contributed by atoms with Crippen molar-refractivity contribution in [3.8, 4) is 6.19 Å². The molecule has 0 aliphatic rings. The zero-order chi connectivity index (χ0) is 7.11. The van der Waals surface area contributed by atoms with Crippen LogP contribution in [-0.4, -0.2) is 12.7 Å². The van der Waals surface area contributed by atoms with Crippen molar-refractivity contribution in [1.82, 2.24) is 5.32 Å². The van der Waals surface area contributed by atoms with E-state index < -0.39 is 6.09 Å². The number of ether oxygens (including phenoxy) is 1. The van der Waals surface area contributed by atoms with E-state index in [1.54, 1.807) is 0 Å². The van der Waals surface area contributed by atoms with Crippen LogP contribution in [0.4, 0.5) is 4.79 Å². The lowest BCUT2D eigenvalue weighted by molar-refractivity contribution is 0.151. The first kappa shape index (κ1) is 7.76. The number of carbonyl (C=O) groups is 1. The second kappa shape index (κ2) is 4.91. The summed E-state index contributed by atoms with van der Waals surface area (Å²) in [4.78, 5) is 10.2. The largest absolute Gasteiger partial charge is 0.449 e. The molecule has 0 fully saturated rings. The Morgan fingerprint density at radius 2 is 2.56 bits per heavy atom. The van der Waals surface area contributed by atoms with Crippen molar-refractivity contribution in [3.63, 3.8) is 0 Å². The minimum atomic E-state index is -0.681. The molecule has 0 saturated carbocycles. The second-order valence-corrected chi connectivity index (χ2v) is 1.37. The van der Waals surface area contributed by atoms with Gasteiger partial charge in [0.25, 0.3) is 0 Å². The fourth-order valence-electron chi connectivity index (χ4n) is 0.276. The summed E-state index contributed by atoms with van der Waals surface area (Å²) >= 11 is 0. The van der Waals surface area contributed by atoms with Crippen LogP contribution in [0.5, 0.6) is 0 Å². The second-order valence-electron chi connectivity index (χ2n) is 1.37. The van der Waals surface area contributed by atoms with Gasteiger partial charge in [0.05, 0.1) is 6.61 Å². The molecule has 4 nitrogen and oxygen atoms in total. The van der Waals surface area contributed by atoms with Crippen molar-refractivity contribution in [2.45, 2.75) is 13.3 Å². The fraction of sp³-hybridized carbons (Fsp3) is 0.600. The molecule has 0 aromatic rings. The maximum Gasteiger partial charge on any atom is 0.420 e. The molecule has 0 bridgehead atoms. The van der Waals surface area contributed by atoms with E-state index in [0.717, 1.165) is 6.42 Å².